The van der Waals surface area contributed by atoms with Gasteiger partial charge in [-0.3, -0.25) is 4.79 Å². The van der Waals surface area contributed by atoms with Gasteiger partial charge >= 0.3 is 0 Å². The Hall–Kier alpha value is -0.220. The highest BCUT2D eigenvalue weighted by Crippen LogP contribution is 2.24. The van der Waals surface area contributed by atoms with Crippen LogP contribution in [-0.4, -0.2) is 41.1 Å². The van der Waals surface area contributed by atoms with E-state index in [1.165, 1.54) is 19.3 Å². The zero-order chi connectivity index (χ0) is 10.7. The first-order chi connectivity index (χ1) is 7.29. The third kappa shape index (κ3) is 2.88. The molecule has 0 aromatic rings. The molecule has 1 amide bonds. The zero-order valence-electron chi connectivity index (χ0n) is 9.37. The molecule has 0 aromatic heterocycles. The SMILES string of the molecule is CCC1CSC(CC(=O)N2CCCC2)N1. The maximum atomic E-state index is 11.9. The molecule has 0 aliphatic carbocycles. The summed E-state index contributed by atoms with van der Waals surface area (Å²) in [5.74, 6) is 1.50. The largest absolute Gasteiger partial charge is 0.343 e. The van der Waals surface area contributed by atoms with Gasteiger partial charge in [0.25, 0.3) is 0 Å². The Morgan fingerprint density at radius 3 is 2.80 bits per heavy atom. The lowest BCUT2D eigenvalue weighted by atomic mass is 10.2. The molecule has 86 valence electrons. The standard InChI is InChI=1S/C11H20N2OS/c1-2-9-8-15-10(12-9)7-11(14)13-5-3-4-6-13/h9-10,12H,2-8H2,1H3. The van der Waals surface area contributed by atoms with Gasteiger partial charge in [-0.05, 0) is 19.3 Å². The summed E-state index contributed by atoms with van der Waals surface area (Å²) in [6.07, 6.45) is 4.23. The first-order valence-electron chi connectivity index (χ1n) is 5.95. The molecule has 2 heterocycles. The van der Waals surface area contributed by atoms with Crippen molar-refractivity contribution in [1.82, 2.24) is 10.2 Å². The topological polar surface area (TPSA) is 32.3 Å². The summed E-state index contributed by atoms with van der Waals surface area (Å²) >= 11 is 1.90. The molecule has 2 saturated heterocycles. The zero-order valence-corrected chi connectivity index (χ0v) is 10.2. The summed E-state index contributed by atoms with van der Waals surface area (Å²) in [5, 5.41) is 3.87. The average molecular weight is 228 g/mol. The van der Waals surface area contributed by atoms with Crippen molar-refractivity contribution in [1.29, 1.82) is 0 Å². The maximum Gasteiger partial charge on any atom is 0.225 e. The highest BCUT2D eigenvalue weighted by molar-refractivity contribution is 8.00. The fourth-order valence-corrected chi connectivity index (χ4v) is 3.54. The van der Waals surface area contributed by atoms with Gasteiger partial charge in [0.2, 0.25) is 5.91 Å². The van der Waals surface area contributed by atoms with Crippen LogP contribution in [0.15, 0.2) is 0 Å². The van der Waals surface area contributed by atoms with E-state index < -0.39 is 0 Å². The quantitative estimate of drug-likeness (QED) is 0.793. The van der Waals surface area contributed by atoms with Crippen LogP contribution in [0.5, 0.6) is 0 Å². The molecule has 4 heteroatoms. The van der Waals surface area contributed by atoms with Crippen molar-refractivity contribution in [2.45, 2.75) is 44.0 Å². The average Bonchev–Trinajstić information content (AvgIpc) is 2.87. The predicted octanol–water partition coefficient (Wildman–Crippen LogP) is 1.44. The molecular weight excluding hydrogens is 208 g/mol. The third-order valence-electron chi connectivity index (χ3n) is 3.23. The summed E-state index contributed by atoms with van der Waals surface area (Å²) in [5.41, 5.74) is 0. The third-order valence-corrected chi connectivity index (χ3v) is 4.53. The summed E-state index contributed by atoms with van der Waals surface area (Å²) in [6, 6.07) is 0.617. The van der Waals surface area contributed by atoms with Crippen LogP contribution < -0.4 is 5.32 Å². The van der Waals surface area contributed by atoms with Crippen LogP contribution in [0.25, 0.3) is 0 Å². The second kappa shape index (κ2) is 5.21. The second-order valence-electron chi connectivity index (χ2n) is 4.39. The number of carbonyl (C=O) groups is 1. The minimum atomic E-state index is 0.342. The number of thioether (sulfide) groups is 1. The van der Waals surface area contributed by atoms with E-state index in [0.29, 0.717) is 23.7 Å². The molecule has 15 heavy (non-hydrogen) atoms. The van der Waals surface area contributed by atoms with E-state index in [4.69, 9.17) is 0 Å². The van der Waals surface area contributed by atoms with Crippen molar-refractivity contribution in [3.63, 3.8) is 0 Å². The van der Waals surface area contributed by atoms with E-state index in [-0.39, 0.29) is 0 Å². The summed E-state index contributed by atoms with van der Waals surface area (Å²) in [6.45, 7) is 4.16. The number of hydrogen-bond donors (Lipinski definition) is 1. The fraction of sp³-hybridized carbons (Fsp3) is 0.909. The Bertz CT molecular complexity index is 229. The summed E-state index contributed by atoms with van der Waals surface area (Å²) < 4.78 is 0. The van der Waals surface area contributed by atoms with Gasteiger partial charge in [-0.2, -0.15) is 0 Å². The predicted molar refractivity (Wildman–Crippen MR) is 63.9 cm³/mol. The maximum absolute atomic E-state index is 11.9. The number of nitrogens with zero attached hydrogens (tertiary/aromatic N) is 1. The molecule has 2 unspecified atom stereocenters. The Kier molecular flexibility index (Phi) is 3.92. The van der Waals surface area contributed by atoms with Gasteiger partial charge in [0.1, 0.15) is 0 Å². The van der Waals surface area contributed by atoms with Crippen molar-refractivity contribution in [3.8, 4) is 0 Å². The van der Waals surface area contributed by atoms with Gasteiger partial charge in [-0.1, -0.05) is 6.92 Å². The molecule has 0 saturated carbocycles. The first kappa shape index (κ1) is 11.3. The Labute approximate surface area is 96.0 Å². The van der Waals surface area contributed by atoms with Gasteiger partial charge in [0.05, 0.1) is 11.8 Å². The first-order valence-corrected chi connectivity index (χ1v) is 7.00. The van der Waals surface area contributed by atoms with Crippen LogP contribution in [0.1, 0.15) is 32.6 Å². The number of likely N-dealkylation sites (tertiary alicyclic amines) is 1. The lowest BCUT2D eigenvalue weighted by Gasteiger charge is -2.18. The molecule has 0 spiro atoms. The number of nitrogens with one attached hydrogen (secondary N) is 1. The second-order valence-corrected chi connectivity index (χ2v) is 5.62. The summed E-state index contributed by atoms with van der Waals surface area (Å²) in [4.78, 5) is 13.9. The van der Waals surface area contributed by atoms with E-state index in [0.717, 1.165) is 18.8 Å². The van der Waals surface area contributed by atoms with E-state index in [2.05, 4.69) is 12.2 Å². The fourth-order valence-electron chi connectivity index (χ4n) is 2.20. The van der Waals surface area contributed by atoms with Crippen LogP contribution in [0.4, 0.5) is 0 Å². The van der Waals surface area contributed by atoms with Gasteiger partial charge in [-0.25, -0.2) is 0 Å². The summed E-state index contributed by atoms with van der Waals surface area (Å²) in [7, 11) is 0. The molecule has 2 fully saturated rings. The van der Waals surface area contributed by atoms with E-state index in [1.807, 2.05) is 16.7 Å². The normalized spacial score (nSPS) is 31.1. The number of hydrogen-bond acceptors (Lipinski definition) is 3. The Morgan fingerprint density at radius 1 is 1.47 bits per heavy atom. The minimum Gasteiger partial charge on any atom is -0.343 e. The van der Waals surface area contributed by atoms with Gasteiger partial charge in [0, 0.05) is 24.9 Å². The molecular formula is C11H20N2OS. The van der Waals surface area contributed by atoms with Gasteiger partial charge in [-0.15, -0.1) is 11.8 Å². The van der Waals surface area contributed by atoms with E-state index >= 15 is 0 Å². The number of rotatable bonds is 3. The van der Waals surface area contributed by atoms with Crippen LogP contribution in [0.2, 0.25) is 0 Å². The highest BCUT2D eigenvalue weighted by atomic mass is 32.2. The van der Waals surface area contributed by atoms with Gasteiger partial charge in [0.15, 0.2) is 0 Å². The lowest BCUT2D eigenvalue weighted by Crippen LogP contribution is -2.35. The lowest BCUT2D eigenvalue weighted by molar-refractivity contribution is -0.130. The number of amides is 1. The molecule has 0 aromatic carbocycles. The monoisotopic (exact) mass is 228 g/mol. The molecule has 2 aliphatic heterocycles. The smallest absolute Gasteiger partial charge is 0.225 e. The Balaban J connectivity index is 1.74. The van der Waals surface area contributed by atoms with E-state index in [1.54, 1.807) is 0 Å². The minimum absolute atomic E-state index is 0.342. The number of carbonyl (C=O) groups excluding carboxylic acids is 1. The molecule has 0 radical (unpaired) electrons. The molecule has 1 N–H and O–H groups in total. The van der Waals surface area contributed by atoms with Crippen LogP contribution >= 0.6 is 11.8 Å². The molecule has 2 rings (SSSR count). The van der Waals surface area contributed by atoms with Crippen molar-refractivity contribution in [3.05, 3.63) is 0 Å². The van der Waals surface area contributed by atoms with E-state index in [9.17, 15) is 4.79 Å². The van der Waals surface area contributed by atoms with Crippen molar-refractivity contribution in [2.75, 3.05) is 18.8 Å². The van der Waals surface area contributed by atoms with Crippen molar-refractivity contribution < 1.29 is 4.79 Å². The van der Waals surface area contributed by atoms with Crippen molar-refractivity contribution >= 4 is 17.7 Å². The van der Waals surface area contributed by atoms with Crippen molar-refractivity contribution in [2.24, 2.45) is 0 Å². The molecule has 3 nitrogen and oxygen atoms in total. The van der Waals surface area contributed by atoms with Crippen LogP contribution in [-0.2, 0) is 4.79 Å². The van der Waals surface area contributed by atoms with Crippen LogP contribution in [0, 0.1) is 0 Å². The molecule has 0 bridgehead atoms. The molecule has 2 aliphatic rings. The van der Waals surface area contributed by atoms with Gasteiger partial charge < -0.3 is 10.2 Å². The molecule has 2 atom stereocenters. The highest BCUT2D eigenvalue weighted by Gasteiger charge is 2.27. The Morgan fingerprint density at radius 2 is 2.20 bits per heavy atom. The van der Waals surface area contributed by atoms with Crippen LogP contribution in [0.3, 0.4) is 0 Å².